The molecule has 1 aliphatic heterocycles. The summed E-state index contributed by atoms with van der Waals surface area (Å²) >= 11 is 3.54. The smallest absolute Gasteiger partial charge is 0.247 e. The first-order valence-electron chi connectivity index (χ1n) is 10.6. The van der Waals surface area contributed by atoms with Gasteiger partial charge in [-0.2, -0.15) is 0 Å². The van der Waals surface area contributed by atoms with Gasteiger partial charge in [-0.25, -0.2) is 0 Å². The lowest BCUT2D eigenvalue weighted by Gasteiger charge is -2.53. The van der Waals surface area contributed by atoms with Crippen molar-refractivity contribution < 1.29 is 14.3 Å². The minimum absolute atomic E-state index is 0.0404. The zero-order chi connectivity index (χ0) is 19.7. The van der Waals surface area contributed by atoms with Crippen LogP contribution in [0.25, 0.3) is 0 Å². The van der Waals surface area contributed by atoms with Gasteiger partial charge in [-0.1, -0.05) is 38.2 Å². The molecule has 3 fully saturated rings. The fraction of sp³-hybridized carbons (Fsp3) is 0.636. The van der Waals surface area contributed by atoms with Crippen molar-refractivity contribution in [2.24, 2.45) is 5.92 Å². The third-order valence-corrected chi connectivity index (χ3v) is 7.25. The van der Waals surface area contributed by atoms with E-state index in [-0.39, 0.29) is 29.8 Å². The SMILES string of the molecule is COc1ccc(C(C(=O)NC2CCCCC2)N2C(=O)[C@@H]3CCCC[C@@H]32)cc1Br. The van der Waals surface area contributed by atoms with Crippen molar-refractivity contribution in [2.75, 3.05) is 7.11 Å². The molecule has 6 heteroatoms. The number of hydrogen-bond acceptors (Lipinski definition) is 3. The van der Waals surface area contributed by atoms with Crippen LogP contribution in [0.1, 0.15) is 69.4 Å². The number of methoxy groups -OCH3 is 1. The Kier molecular flexibility index (Phi) is 5.95. The van der Waals surface area contributed by atoms with Gasteiger partial charge in [0, 0.05) is 12.1 Å². The molecule has 1 heterocycles. The summed E-state index contributed by atoms with van der Waals surface area (Å²) in [7, 11) is 1.62. The average molecular weight is 449 g/mol. The molecular weight excluding hydrogens is 420 g/mol. The predicted octanol–water partition coefficient (Wildman–Crippen LogP) is 4.35. The fourth-order valence-electron chi connectivity index (χ4n) is 5.14. The van der Waals surface area contributed by atoms with E-state index >= 15 is 0 Å². The largest absolute Gasteiger partial charge is 0.496 e. The van der Waals surface area contributed by atoms with E-state index in [1.54, 1.807) is 7.11 Å². The van der Waals surface area contributed by atoms with Gasteiger partial charge in [-0.05, 0) is 59.3 Å². The number of halogens is 1. The van der Waals surface area contributed by atoms with E-state index in [9.17, 15) is 9.59 Å². The number of hydrogen-bond donors (Lipinski definition) is 1. The molecule has 5 nitrogen and oxygen atoms in total. The van der Waals surface area contributed by atoms with E-state index in [1.165, 1.54) is 6.42 Å². The Bertz CT molecular complexity index is 747. The Hall–Kier alpha value is -1.56. The number of rotatable bonds is 5. The molecule has 1 aromatic carbocycles. The molecule has 0 radical (unpaired) electrons. The first-order chi connectivity index (χ1) is 13.6. The van der Waals surface area contributed by atoms with Gasteiger partial charge in [0.1, 0.15) is 11.8 Å². The second-order valence-electron chi connectivity index (χ2n) is 8.34. The van der Waals surface area contributed by atoms with Crippen molar-refractivity contribution in [2.45, 2.75) is 75.9 Å². The van der Waals surface area contributed by atoms with Crippen LogP contribution in [0.5, 0.6) is 5.75 Å². The van der Waals surface area contributed by atoms with Crippen LogP contribution in [0, 0.1) is 5.92 Å². The highest BCUT2D eigenvalue weighted by Gasteiger charge is 2.52. The number of benzene rings is 1. The Balaban J connectivity index is 1.61. The topological polar surface area (TPSA) is 58.6 Å². The normalized spacial score (nSPS) is 26.2. The fourth-order valence-corrected chi connectivity index (χ4v) is 5.70. The summed E-state index contributed by atoms with van der Waals surface area (Å²) in [5.74, 6) is 0.933. The van der Waals surface area contributed by atoms with Crippen molar-refractivity contribution in [1.82, 2.24) is 10.2 Å². The Labute approximate surface area is 175 Å². The third kappa shape index (κ3) is 3.68. The lowest BCUT2D eigenvalue weighted by atomic mass is 9.74. The molecule has 4 rings (SSSR count). The van der Waals surface area contributed by atoms with Gasteiger partial charge in [0.15, 0.2) is 0 Å². The number of fused-ring (bicyclic) bond motifs is 1. The van der Waals surface area contributed by atoms with Gasteiger partial charge in [0.05, 0.1) is 17.5 Å². The Morgan fingerprint density at radius 2 is 1.86 bits per heavy atom. The number of carbonyl (C=O) groups is 2. The quantitative estimate of drug-likeness (QED) is 0.681. The van der Waals surface area contributed by atoms with Gasteiger partial charge >= 0.3 is 0 Å². The number of likely N-dealkylation sites (tertiary alicyclic amines) is 1. The zero-order valence-electron chi connectivity index (χ0n) is 16.5. The first-order valence-corrected chi connectivity index (χ1v) is 11.4. The third-order valence-electron chi connectivity index (χ3n) is 6.63. The summed E-state index contributed by atoms with van der Waals surface area (Å²) in [5.41, 5.74) is 0.846. The molecule has 2 saturated carbocycles. The molecule has 152 valence electrons. The summed E-state index contributed by atoms with van der Waals surface area (Å²) < 4.78 is 6.14. The second kappa shape index (κ2) is 8.44. The van der Waals surface area contributed by atoms with Gasteiger partial charge in [-0.3, -0.25) is 9.59 Å². The van der Waals surface area contributed by atoms with E-state index in [0.29, 0.717) is 0 Å². The second-order valence-corrected chi connectivity index (χ2v) is 9.20. The first kappa shape index (κ1) is 19.7. The molecule has 28 heavy (non-hydrogen) atoms. The molecule has 1 aromatic rings. The summed E-state index contributed by atoms with van der Waals surface area (Å²) in [6, 6.07) is 5.57. The maximum atomic E-state index is 13.4. The van der Waals surface area contributed by atoms with E-state index in [4.69, 9.17) is 4.74 Å². The molecule has 3 atom stereocenters. The van der Waals surface area contributed by atoms with Crippen molar-refractivity contribution in [1.29, 1.82) is 0 Å². The van der Waals surface area contributed by atoms with Gasteiger partial charge in [-0.15, -0.1) is 0 Å². The number of β-lactam (4-membered cyclic amide) rings is 1. The predicted molar refractivity (Wildman–Crippen MR) is 111 cm³/mol. The number of amides is 2. The maximum Gasteiger partial charge on any atom is 0.247 e. The standard InChI is InChI=1S/C22H29BrN2O3/c1-28-19-12-11-14(13-17(19)23)20(21(26)24-15-7-3-2-4-8-15)25-18-10-6-5-9-16(18)22(25)27/h11-13,15-16,18,20H,2-10H2,1H3,(H,24,26)/t16-,18+,20?/m1/s1. The number of carbonyl (C=O) groups excluding carboxylic acids is 2. The lowest BCUT2D eigenvalue weighted by molar-refractivity contribution is -0.168. The summed E-state index contributed by atoms with van der Waals surface area (Å²) in [6.45, 7) is 0. The molecule has 1 saturated heterocycles. The van der Waals surface area contributed by atoms with Crippen LogP contribution in [0.4, 0.5) is 0 Å². The molecule has 0 aromatic heterocycles. The highest BCUT2D eigenvalue weighted by Crippen LogP contribution is 2.44. The molecule has 2 aliphatic carbocycles. The summed E-state index contributed by atoms with van der Waals surface area (Å²) in [4.78, 5) is 28.2. The van der Waals surface area contributed by atoms with E-state index in [0.717, 1.165) is 67.2 Å². The van der Waals surface area contributed by atoms with Crippen LogP contribution in [0.2, 0.25) is 0 Å². The zero-order valence-corrected chi connectivity index (χ0v) is 18.0. The van der Waals surface area contributed by atoms with Gasteiger partial charge in [0.2, 0.25) is 11.8 Å². The van der Waals surface area contributed by atoms with E-state index < -0.39 is 6.04 Å². The van der Waals surface area contributed by atoms with Crippen LogP contribution >= 0.6 is 15.9 Å². The van der Waals surface area contributed by atoms with Gasteiger partial charge in [0.25, 0.3) is 0 Å². The molecule has 2 amide bonds. The van der Waals surface area contributed by atoms with Crippen LogP contribution in [0.15, 0.2) is 22.7 Å². The van der Waals surface area contributed by atoms with Crippen LogP contribution in [0.3, 0.4) is 0 Å². The van der Waals surface area contributed by atoms with E-state index in [1.807, 2.05) is 23.1 Å². The van der Waals surface area contributed by atoms with Crippen LogP contribution < -0.4 is 10.1 Å². The minimum atomic E-state index is -0.559. The average Bonchev–Trinajstić information content (AvgIpc) is 2.72. The molecule has 0 spiro atoms. The molecule has 1 unspecified atom stereocenters. The Morgan fingerprint density at radius 1 is 1.14 bits per heavy atom. The molecule has 1 N–H and O–H groups in total. The Morgan fingerprint density at radius 3 is 2.57 bits per heavy atom. The minimum Gasteiger partial charge on any atom is -0.496 e. The monoisotopic (exact) mass is 448 g/mol. The number of nitrogens with one attached hydrogen (secondary N) is 1. The van der Waals surface area contributed by atoms with Crippen molar-refractivity contribution in [3.8, 4) is 5.75 Å². The molecular formula is C22H29BrN2O3. The highest BCUT2D eigenvalue weighted by atomic mass is 79.9. The summed E-state index contributed by atoms with van der Waals surface area (Å²) in [6.07, 6.45) is 9.85. The van der Waals surface area contributed by atoms with E-state index in [2.05, 4.69) is 21.2 Å². The summed E-state index contributed by atoms with van der Waals surface area (Å²) in [5, 5.41) is 3.25. The van der Waals surface area contributed by atoms with Crippen LogP contribution in [-0.2, 0) is 9.59 Å². The van der Waals surface area contributed by atoms with Crippen molar-refractivity contribution in [3.63, 3.8) is 0 Å². The molecule has 3 aliphatic rings. The van der Waals surface area contributed by atoms with Crippen LogP contribution in [-0.4, -0.2) is 35.9 Å². The highest BCUT2D eigenvalue weighted by molar-refractivity contribution is 9.10. The van der Waals surface area contributed by atoms with Crippen molar-refractivity contribution >= 4 is 27.7 Å². The molecule has 0 bridgehead atoms. The van der Waals surface area contributed by atoms with Gasteiger partial charge < -0.3 is 15.0 Å². The number of nitrogens with zero attached hydrogens (tertiary/aromatic N) is 1. The number of ether oxygens (including phenoxy) is 1. The van der Waals surface area contributed by atoms with Crippen molar-refractivity contribution in [3.05, 3.63) is 28.2 Å². The maximum absolute atomic E-state index is 13.4. The lowest BCUT2D eigenvalue weighted by Crippen LogP contribution is -2.65.